The third-order valence-corrected chi connectivity index (χ3v) is 5.66. The summed E-state index contributed by atoms with van der Waals surface area (Å²) in [7, 11) is 0. The lowest BCUT2D eigenvalue weighted by atomic mass is 9.65. The van der Waals surface area contributed by atoms with Crippen LogP contribution >= 0.6 is 0 Å². The number of carbonyl (C=O) groups excluding carboxylic acids is 2. The summed E-state index contributed by atoms with van der Waals surface area (Å²) in [6.07, 6.45) is 4.17. The molecule has 2 fully saturated rings. The van der Waals surface area contributed by atoms with Gasteiger partial charge in [0.1, 0.15) is 0 Å². The molecule has 1 amide bonds. The molecule has 2 bridgehead atoms. The Morgan fingerprint density at radius 1 is 1.16 bits per heavy atom. The first-order valence-corrected chi connectivity index (χ1v) is 9.27. The number of hydrogen-bond acceptors (Lipinski definition) is 3. The fourth-order valence-corrected chi connectivity index (χ4v) is 4.92. The number of fused-ring (bicyclic) bond motifs is 2. The van der Waals surface area contributed by atoms with Gasteiger partial charge < -0.3 is 9.64 Å². The van der Waals surface area contributed by atoms with Crippen LogP contribution in [0.2, 0.25) is 0 Å². The Morgan fingerprint density at radius 3 is 2.48 bits per heavy atom. The Balaban J connectivity index is 1.58. The van der Waals surface area contributed by atoms with Gasteiger partial charge >= 0.3 is 5.97 Å². The molecule has 0 radical (unpaired) electrons. The van der Waals surface area contributed by atoms with E-state index in [1.54, 1.807) is 12.1 Å². The fraction of sp³-hybridized carbons (Fsp3) is 0.619. The van der Waals surface area contributed by atoms with Crippen molar-refractivity contribution in [2.24, 2.45) is 10.8 Å². The molecule has 1 heterocycles. The van der Waals surface area contributed by atoms with E-state index in [0.717, 1.165) is 32.2 Å². The molecule has 1 aliphatic carbocycles. The van der Waals surface area contributed by atoms with Gasteiger partial charge in [0.25, 0.3) is 5.91 Å². The Labute approximate surface area is 150 Å². The maximum Gasteiger partial charge on any atom is 0.338 e. The molecular formula is C21H29NO3. The van der Waals surface area contributed by atoms with Crippen LogP contribution in [0.3, 0.4) is 0 Å². The van der Waals surface area contributed by atoms with Crippen LogP contribution in [-0.2, 0) is 16.0 Å². The van der Waals surface area contributed by atoms with Gasteiger partial charge in [-0.2, -0.15) is 0 Å². The number of aryl methyl sites for hydroxylation is 1. The molecule has 4 heteroatoms. The van der Waals surface area contributed by atoms with E-state index in [9.17, 15) is 9.59 Å². The molecule has 25 heavy (non-hydrogen) atoms. The van der Waals surface area contributed by atoms with Gasteiger partial charge in [0.15, 0.2) is 6.61 Å². The van der Waals surface area contributed by atoms with E-state index < -0.39 is 5.97 Å². The third-order valence-electron chi connectivity index (χ3n) is 5.66. The van der Waals surface area contributed by atoms with E-state index in [-0.39, 0.29) is 29.4 Å². The largest absolute Gasteiger partial charge is 0.452 e. The van der Waals surface area contributed by atoms with Gasteiger partial charge in [0, 0.05) is 12.6 Å². The van der Waals surface area contributed by atoms with E-state index in [2.05, 4.69) is 27.7 Å². The summed E-state index contributed by atoms with van der Waals surface area (Å²) in [5.41, 5.74) is 2.14. The fourth-order valence-electron chi connectivity index (χ4n) is 4.92. The van der Waals surface area contributed by atoms with Gasteiger partial charge in [-0.3, -0.25) is 4.79 Å². The van der Waals surface area contributed by atoms with Crippen LogP contribution in [0.4, 0.5) is 0 Å². The standard InChI is InChI=1S/C21H29NO3/c1-5-15-6-8-16(9-7-15)19(24)25-12-18(23)22-14-21(4)11-17(22)10-20(2,3)13-21/h6-9,17H,5,10-14H2,1-4H3. The number of likely N-dealkylation sites (tertiary alicyclic amines) is 1. The molecule has 1 saturated heterocycles. The average molecular weight is 343 g/mol. The van der Waals surface area contributed by atoms with Crippen LogP contribution in [0.25, 0.3) is 0 Å². The highest BCUT2D eigenvalue weighted by atomic mass is 16.5. The van der Waals surface area contributed by atoms with Crippen molar-refractivity contribution in [2.45, 2.75) is 59.4 Å². The summed E-state index contributed by atoms with van der Waals surface area (Å²) < 4.78 is 5.28. The molecule has 136 valence electrons. The lowest BCUT2D eigenvalue weighted by Crippen LogP contribution is -2.39. The normalized spacial score (nSPS) is 27.2. The van der Waals surface area contributed by atoms with E-state index in [4.69, 9.17) is 4.74 Å². The summed E-state index contributed by atoms with van der Waals surface area (Å²) >= 11 is 0. The SMILES string of the molecule is CCc1ccc(C(=O)OCC(=O)N2CC3(C)CC2CC(C)(C)C3)cc1. The van der Waals surface area contributed by atoms with Gasteiger partial charge in [0.05, 0.1) is 5.56 Å². The summed E-state index contributed by atoms with van der Waals surface area (Å²) in [4.78, 5) is 26.7. The summed E-state index contributed by atoms with van der Waals surface area (Å²) in [5, 5.41) is 0. The second-order valence-corrected chi connectivity index (χ2v) is 8.86. The van der Waals surface area contributed by atoms with E-state index in [0.29, 0.717) is 5.56 Å². The van der Waals surface area contributed by atoms with Crippen molar-refractivity contribution >= 4 is 11.9 Å². The summed E-state index contributed by atoms with van der Waals surface area (Å²) in [6.45, 7) is 9.52. The predicted molar refractivity (Wildman–Crippen MR) is 97.3 cm³/mol. The highest BCUT2D eigenvalue weighted by Crippen LogP contribution is 2.52. The van der Waals surface area contributed by atoms with E-state index >= 15 is 0 Å². The molecular weight excluding hydrogens is 314 g/mol. The minimum absolute atomic E-state index is 0.0649. The number of hydrogen-bond donors (Lipinski definition) is 0. The number of amides is 1. The number of nitrogens with zero attached hydrogens (tertiary/aromatic N) is 1. The lowest BCUT2D eigenvalue weighted by molar-refractivity contribution is -0.135. The number of rotatable bonds is 4. The molecule has 2 aliphatic rings. The average Bonchev–Trinajstić information content (AvgIpc) is 2.81. The zero-order valence-corrected chi connectivity index (χ0v) is 15.8. The van der Waals surface area contributed by atoms with Gasteiger partial charge in [-0.15, -0.1) is 0 Å². The van der Waals surface area contributed by atoms with Crippen molar-refractivity contribution in [1.29, 1.82) is 0 Å². The van der Waals surface area contributed by atoms with Gasteiger partial charge in [0.2, 0.25) is 0 Å². The Morgan fingerprint density at radius 2 is 1.84 bits per heavy atom. The van der Waals surface area contributed by atoms with Crippen molar-refractivity contribution in [2.75, 3.05) is 13.2 Å². The molecule has 0 spiro atoms. The molecule has 0 N–H and O–H groups in total. The third kappa shape index (κ3) is 3.88. The van der Waals surface area contributed by atoms with Crippen molar-refractivity contribution < 1.29 is 14.3 Å². The molecule has 4 nitrogen and oxygen atoms in total. The van der Waals surface area contributed by atoms with Crippen molar-refractivity contribution in [1.82, 2.24) is 4.90 Å². The second-order valence-electron chi connectivity index (χ2n) is 8.86. The Hall–Kier alpha value is -1.84. The quantitative estimate of drug-likeness (QED) is 0.781. The molecule has 2 unspecified atom stereocenters. The van der Waals surface area contributed by atoms with Crippen LogP contribution in [0.1, 0.15) is 62.9 Å². The summed E-state index contributed by atoms with van der Waals surface area (Å²) in [6, 6.07) is 7.65. The highest BCUT2D eigenvalue weighted by molar-refractivity contribution is 5.91. The smallest absolute Gasteiger partial charge is 0.338 e. The van der Waals surface area contributed by atoms with Crippen molar-refractivity contribution in [3.8, 4) is 0 Å². The second kappa shape index (κ2) is 6.47. The predicted octanol–water partition coefficient (Wildman–Crippen LogP) is 3.83. The van der Waals surface area contributed by atoms with Crippen molar-refractivity contribution in [3.05, 3.63) is 35.4 Å². The van der Waals surface area contributed by atoms with Gasteiger partial charge in [-0.25, -0.2) is 4.79 Å². The molecule has 3 rings (SSSR count). The van der Waals surface area contributed by atoms with Crippen LogP contribution in [0.5, 0.6) is 0 Å². The zero-order valence-electron chi connectivity index (χ0n) is 15.8. The van der Waals surface area contributed by atoms with Crippen LogP contribution in [-0.4, -0.2) is 36.0 Å². The first-order valence-electron chi connectivity index (χ1n) is 9.27. The topological polar surface area (TPSA) is 46.6 Å². The van der Waals surface area contributed by atoms with Crippen LogP contribution in [0.15, 0.2) is 24.3 Å². The Bertz CT molecular complexity index is 664. The molecule has 1 aliphatic heterocycles. The van der Waals surface area contributed by atoms with Crippen molar-refractivity contribution in [3.63, 3.8) is 0 Å². The minimum atomic E-state index is -0.426. The van der Waals surface area contributed by atoms with Crippen LogP contribution < -0.4 is 0 Å². The van der Waals surface area contributed by atoms with E-state index in [1.165, 1.54) is 5.56 Å². The molecule has 2 atom stereocenters. The number of carbonyl (C=O) groups is 2. The number of benzene rings is 1. The lowest BCUT2D eigenvalue weighted by Gasteiger charge is -2.39. The van der Waals surface area contributed by atoms with Crippen LogP contribution in [0, 0.1) is 10.8 Å². The molecule has 1 aromatic rings. The Kier molecular flexibility index (Phi) is 4.65. The van der Waals surface area contributed by atoms with E-state index in [1.807, 2.05) is 17.0 Å². The number of ether oxygens (including phenoxy) is 1. The molecule has 1 saturated carbocycles. The monoisotopic (exact) mass is 343 g/mol. The van der Waals surface area contributed by atoms with Gasteiger partial charge in [-0.05, 0) is 54.2 Å². The highest BCUT2D eigenvalue weighted by Gasteiger charge is 2.50. The first kappa shape index (κ1) is 18.0. The number of esters is 1. The zero-order chi connectivity index (χ0) is 18.2. The first-order chi connectivity index (χ1) is 11.7. The summed E-state index contributed by atoms with van der Waals surface area (Å²) in [5.74, 6) is -0.491. The maximum absolute atomic E-state index is 12.6. The molecule has 1 aromatic carbocycles. The molecule has 0 aromatic heterocycles. The maximum atomic E-state index is 12.6. The minimum Gasteiger partial charge on any atom is -0.452 e. The van der Waals surface area contributed by atoms with Gasteiger partial charge in [-0.1, -0.05) is 39.8 Å².